The van der Waals surface area contributed by atoms with Crippen molar-refractivity contribution in [3.8, 4) is 0 Å². The van der Waals surface area contributed by atoms with Crippen molar-refractivity contribution in [1.82, 2.24) is 19.1 Å². The maximum atomic E-state index is 12.0. The number of hydrogen-bond donors (Lipinski definition) is 0. The van der Waals surface area contributed by atoms with Crippen LogP contribution in [-0.2, 0) is 6.54 Å². The van der Waals surface area contributed by atoms with E-state index in [0.29, 0.717) is 6.54 Å². The highest BCUT2D eigenvalue weighted by Gasteiger charge is 2.11. The quantitative estimate of drug-likeness (QED) is 0.812. The summed E-state index contributed by atoms with van der Waals surface area (Å²) in [6.45, 7) is 3.81. The van der Waals surface area contributed by atoms with Crippen molar-refractivity contribution in [1.29, 1.82) is 0 Å². The van der Waals surface area contributed by atoms with Crippen LogP contribution in [0.15, 0.2) is 29.2 Å². The van der Waals surface area contributed by atoms with E-state index in [9.17, 15) is 4.79 Å². The minimum absolute atomic E-state index is 0.0445. The summed E-state index contributed by atoms with van der Waals surface area (Å²) in [6.07, 6.45) is 1.76. The summed E-state index contributed by atoms with van der Waals surface area (Å²) in [5.74, 6) is 2.39. The van der Waals surface area contributed by atoms with E-state index in [1.54, 1.807) is 15.3 Å². The molecule has 2 aromatic heterocycles. The number of thioether (sulfide) groups is 1. The van der Waals surface area contributed by atoms with Gasteiger partial charge in [-0.1, -0.05) is 6.07 Å². The van der Waals surface area contributed by atoms with Crippen LogP contribution in [0.2, 0.25) is 0 Å². The lowest BCUT2D eigenvalue weighted by atomic mass is 10.4. The molecule has 0 aromatic carbocycles. The molecule has 1 fully saturated rings. The van der Waals surface area contributed by atoms with Gasteiger partial charge in [0.05, 0.1) is 6.54 Å². The molecule has 0 N–H and O–H groups in total. The van der Waals surface area contributed by atoms with E-state index in [2.05, 4.69) is 10.00 Å². The van der Waals surface area contributed by atoms with Gasteiger partial charge in [0.2, 0.25) is 0 Å². The first-order valence-electron chi connectivity index (χ1n) is 6.19. The summed E-state index contributed by atoms with van der Waals surface area (Å²) in [7, 11) is 0. The third-order valence-electron chi connectivity index (χ3n) is 3.22. The van der Waals surface area contributed by atoms with Gasteiger partial charge in [-0.25, -0.2) is 9.48 Å². The molecule has 1 aliphatic rings. The van der Waals surface area contributed by atoms with E-state index in [4.69, 9.17) is 0 Å². The molecule has 3 rings (SSSR count). The molecule has 0 spiro atoms. The van der Waals surface area contributed by atoms with Crippen LogP contribution >= 0.6 is 11.8 Å². The van der Waals surface area contributed by atoms with E-state index >= 15 is 0 Å². The number of aromatic nitrogens is 3. The molecule has 0 saturated carbocycles. The average Bonchev–Trinajstić information content (AvgIpc) is 2.75. The van der Waals surface area contributed by atoms with Gasteiger partial charge in [-0.3, -0.25) is 9.30 Å². The Morgan fingerprint density at radius 2 is 2.06 bits per heavy atom. The molecule has 6 heteroatoms. The summed E-state index contributed by atoms with van der Waals surface area (Å²) in [5.41, 5.74) is 0.675. The third-order valence-corrected chi connectivity index (χ3v) is 4.16. The zero-order chi connectivity index (χ0) is 12.4. The Hall–Kier alpha value is -1.27. The number of fused-ring (bicyclic) bond motifs is 1. The Kier molecular flexibility index (Phi) is 3.38. The predicted molar refractivity (Wildman–Crippen MR) is 73.2 cm³/mol. The zero-order valence-electron chi connectivity index (χ0n) is 10.2. The van der Waals surface area contributed by atoms with Crippen LogP contribution in [0.4, 0.5) is 0 Å². The molecule has 0 radical (unpaired) electrons. The van der Waals surface area contributed by atoms with Gasteiger partial charge in [0.25, 0.3) is 0 Å². The second-order valence-corrected chi connectivity index (χ2v) is 5.61. The second kappa shape index (κ2) is 5.16. The van der Waals surface area contributed by atoms with Crippen molar-refractivity contribution in [2.45, 2.75) is 6.54 Å². The highest BCUT2D eigenvalue weighted by atomic mass is 32.2. The van der Waals surface area contributed by atoms with Crippen molar-refractivity contribution in [2.24, 2.45) is 0 Å². The maximum Gasteiger partial charge on any atom is 0.350 e. The van der Waals surface area contributed by atoms with Crippen molar-refractivity contribution in [2.75, 3.05) is 31.1 Å². The first-order chi connectivity index (χ1) is 8.84. The third kappa shape index (κ3) is 2.30. The Balaban J connectivity index is 1.74. The van der Waals surface area contributed by atoms with Crippen LogP contribution in [0.25, 0.3) is 5.65 Å². The minimum Gasteiger partial charge on any atom is -0.300 e. The van der Waals surface area contributed by atoms with Gasteiger partial charge < -0.3 is 0 Å². The van der Waals surface area contributed by atoms with E-state index in [0.717, 1.165) is 25.3 Å². The normalized spacial score (nSPS) is 17.3. The molecular formula is C12H16N4OS. The van der Waals surface area contributed by atoms with Crippen molar-refractivity contribution in [3.63, 3.8) is 0 Å². The SMILES string of the molecule is O=c1n(CCN2CCSCC2)nc2ccccn12. The lowest BCUT2D eigenvalue weighted by Gasteiger charge is -2.25. The molecule has 2 aromatic rings. The van der Waals surface area contributed by atoms with E-state index in [-0.39, 0.29) is 5.69 Å². The van der Waals surface area contributed by atoms with Crippen molar-refractivity contribution >= 4 is 17.4 Å². The first-order valence-corrected chi connectivity index (χ1v) is 7.34. The predicted octanol–water partition coefficient (Wildman–Crippen LogP) is 0.545. The molecule has 0 bridgehead atoms. The van der Waals surface area contributed by atoms with Crippen LogP contribution in [0.5, 0.6) is 0 Å². The smallest absolute Gasteiger partial charge is 0.300 e. The van der Waals surface area contributed by atoms with Crippen LogP contribution in [0.3, 0.4) is 0 Å². The minimum atomic E-state index is -0.0445. The molecule has 3 heterocycles. The van der Waals surface area contributed by atoms with E-state index in [1.165, 1.54) is 11.5 Å². The highest BCUT2D eigenvalue weighted by Crippen LogP contribution is 2.08. The first kappa shape index (κ1) is 11.8. The Labute approximate surface area is 109 Å². The molecule has 5 nitrogen and oxygen atoms in total. The van der Waals surface area contributed by atoms with Crippen LogP contribution < -0.4 is 5.69 Å². The van der Waals surface area contributed by atoms with Crippen LogP contribution in [-0.4, -0.2) is 50.2 Å². The fourth-order valence-corrected chi connectivity index (χ4v) is 3.15. The number of rotatable bonds is 3. The Bertz CT molecular complexity index is 585. The lowest BCUT2D eigenvalue weighted by molar-refractivity contribution is 0.282. The number of nitrogens with zero attached hydrogens (tertiary/aromatic N) is 4. The molecule has 0 atom stereocenters. The van der Waals surface area contributed by atoms with Crippen LogP contribution in [0.1, 0.15) is 0 Å². The largest absolute Gasteiger partial charge is 0.350 e. The van der Waals surface area contributed by atoms with E-state index < -0.39 is 0 Å². The van der Waals surface area contributed by atoms with Gasteiger partial charge >= 0.3 is 5.69 Å². The lowest BCUT2D eigenvalue weighted by Crippen LogP contribution is -2.36. The summed E-state index contributed by atoms with van der Waals surface area (Å²) >= 11 is 2.00. The Morgan fingerprint density at radius 1 is 1.22 bits per heavy atom. The maximum absolute atomic E-state index is 12.0. The molecule has 0 amide bonds. The Morgan fingerprint density at radius 3 is 2.83 bits per heavy atom. The van der Waals surface area contributed by atoms with Gasteiger partial charge in [0.1, 0.15) is 0 Å². The molecule has 0 aliphatic carbocycles. The molecule has 1 saturated heterocycles. The topological polar surface area (TPSA) is 42.5 Å². The van der Waals surface area contributed by atoms with Gasteiger partial charge in [-0.15, -0.1) is 5.10 Å². The monoisotopic (exact) mass is 264 g/mol. The second-order valence-electron chi connectivity index (χ2n) is 4.39. The van der Waals surface area contributed by atoms with Crippen molar-refractivity contribution in [3.05, 3.63) is 34.9 Å². The number of hydrogen-bond acceptors (Lipinski definition) is 4. The molecule has 18 heavy (non-hydrogen) atoms. The summed E-state index contributed by atoms with van der Waals surface area (Å²) in [4.78, 5) is 14.4. The van der Waals surface area contributed by atoms with Gasteiger partial charge in [-0.05, 0) is 12.1 Å². The fraction of sp³-hybridized carbons (Fsp3) is 0.500. The van der Waals surface area contributed by atoms with Gasteiger partial charge in [0, 0.05) is 37.3 Å². The van der Waals surface area contributed by atoms with Gasteiger partial charge in [-0.2, -0.15) is 11.8 Å². The molecule has 0 unspecified atom stereocenters. The molecule has 96 valence electrons. The average molecular weight is 264 g/mol. The van der Waals surface area contributed by atoms with E-state index in [1.807, 2.05) is 30.0 Å². The zero-order valence-corrected chi connectivity index (χ0v) is 11.0. The summed E-state index contributed by atoms with van der Waals surface area (Å²) < 4.78 is 3.16. The molecule has 1 aliphatic heterocycles. The summed E-state index contributed by atoms with van der Waals surface area (Å²) in [6, 6.07) is 5.60. The van der Waals surface area contributed by atoms with Gasteiger partial charge in [0.15, 0.2) is 5.65 Å². The number of pyridine rings is 1. The standard InChI is InChI=1S/C12H16N4OS/c17-12-15-4-2-1-3-11(15)13-16(12)6-5-14-7-9-18-10-8-14/h1-4H,5-10H2. The summed E-state index contributed by atoms with van der Waals surface area (Å²) in [5, 5.41) is 4.33. The fourth-order valence-electron chi connectivity index (χ4n) is 2.17. The molecular weight excluding hydrogens is 248 g/mol. The van der Waals surface area contributed by atoms with Crippen molar-refractivity contribution < 1.29 is 0 Å². The highest BCUT2D eigenvalue weighted by molar-refractivity contribution is 7.99. The van der Waals surface area contributed by atoms with Crippen LogP contribution in [0, 0.1) is 0 Å².